The van der Waals surface area contributed by atoms with Gasteiger partial charge in [0.25, 0.3) is 0 Å². The predicted octanol–water partition coefficient (Wildman–Crippen LogP) is 3.47. The number of nitrogens with zero attached hydrogens (tertiary/aromatic N) is 2. The molecule has 0 aliphatic heterocycles. The van der Waals surface area contributed by atoms with Gasteiger partial charge >= 0.3 is 0 Å². The topological polar surface area (TPSA) is 41.8 Å². The lowest BCUT2D eigenvalue weighted by Crippen LogP contribution is -1.67. The average Bonchev–Trinajstić information content (AvgIpc) is 2.09. The molecule has 0 spiro atoms. The van der Waals surface area contributed by atoms with E-state index in [0.29, 0.717) is 10.7 Å². The number of benzene rings is 1. The van der Waals surface area contributed by atoms with Gasteiger partial charge < -0.3 is 0 Å². The number of thiocarbonyl (C=S) groups is 1. The van der Waals surface area contributed by atoms with Crippen molar-refractivity contribution < 1.29 is 0 Å². The number of hydrogen-bond acceptors (Lipinski definition) is 4. The minimum absolute atomic E-state index is 0.267. The Balaban J connectivity index is 3.19. The van der Waals surface area contributed by atoms with Crippen LogP contribution in [0.25, 0.3) is 0 Å². The number of hydrogen-bond donors (Lipinski definition) is 0. The molecular formula is C7H3ClN2OS. The molecule has 0 saturated heterocycles. The fraction of sp³-hybridized carbons (Fsp3) is 0. The number of aliphatic imine (C=N–C) groups is 1. The molecule has 0 radical (unpaired) electrons. The maximum atomic E-state index is 10.1. The summed E-state index contributed by atoms with van der Waals surface area (Å²) in [5.74, 6) is 0. The van der Waals surface area contributed by atoms with Crippen molar-refractivity contribution in [3.63, 3.8) is 0 Å². The Hall–Kier alpha value is -1.09. The Morgan fingerprint density at radius 2 is 2.25 bits per heavy atom. The molecule has 0 N–H and O–H groups in total. The third-order valence-corrected chi connectivity index (χ3v) is 1.60. The van der Waals surface area contributed by atoms with E-state index in [1.54, 1.807) is 6.07 Å². The molecule has 12 heavy (non-hydrogen) atoms. The van der Waals surface area contributed by atoms with E-state index in [9.17, 15) is 4.91 Å². The summed E-state index contributed by atoms with van der Waals surface area (Å²) in [6, 6.07) is 4.48. The summed E-state index contributed by atoms with van der Waals surface area (Å²) in [5, 5.41) is 5.22. The molecule has 5 heteroatoms. The zero-order chi connectivity index (χ0) is 8.97. The Bertz CT molecular complexity index is 360. The van der Waals surface area contributed by atoms with Gasteiger partial charge in [-0.3, -0.25) is 0 Å². The molecule has 0 unspecified atom stereocenters. The fourth-order valence-electron chi connectivity index (χ4n) is 0.692. The van der Waals surface area contributed by atoms with E-state index < -0.39 is 0 Å². The van der Waals surface area contributed by atoms with Gasteiger partial charge in [0.15, 0.2) is 0 Å². The Morgan fingerprint density at radius 3 is 2.75 bits per heavy atom. The van der Waals surface area contributed by atoms with Crippen LogP contribution < -0.4 is 0 Å². The summed E-state index contributed by atoms with van der Waals surface area (Å²) in [7, 11) is 0. The monoisotopic (exact) mass is 198 g/mol. The molecule has 0 atom stereocenters. The van der Waals surface area contributed by atoms with Crippen molar-refractivity contribution in [2.45, 2.75) is 0 Å². The van der Waals surface area contributed by atoms with Crippen LogP contribution in [-0.2, 0) is 0 Å². The highest BCUT2D eigenvalue weighted by molar-refractivity contribution is 7.78. The van der Waals surface area contributed by atoms with Crippen molar-refractivity contribution in [2.24, 2.45) is 10.2 Å². The second-order valence-corrected chi connectivity index (χ2v) is 2.52. The molecule has 60 valence electrons. The molecule has 0 fully saturated rings. The predicted molar refractivity (Wildman–Crippen MR) is 51.6 cm³/mol. The summed E-state index contributed by atoms with van der Waals surface area (Å²) in [6.45, 7) is 0. The maximum Gasteiger partial charge on any atom is 0.109 e. The Labute approximate surface area is 79.0 Å². The van der Waals surface area contributed by atoms with Crippen LogP contribution in [0.3, 0.4) is 0 Å². The largest absolute Gasteiger partial charge is 0.193 e. The molecule has 0 aromatic heterocycles. The van der Waals surface area contributed by atoms with Crippen LogP contribution in [0.5, 0.6) is 0 Å². The molecule has 0 amide bonds. The fourth-order valence-corrected chi connectivity index (χ4v) is 1.01. The van der Waals surface area contributed by atoms with Crippen molar-refractivity contribution in [3.05, 3.63) is 28.1 Å². The molecule has 0 aliphatic carbocycles. The van der Waals surface area contributed by atoms with Crippen LogP contribution in [0.1, 0.15) is 0 Å². The SMILES string of the molecule is O=Nc1ccc(N=C=S)c(Cl)c1. The Kier molecular flexibility index (Phi) is 3.05. The summed E-state index contributed by atoms with van der Waals surface area (Å²) >= 11 is 10.1. The quantitative estimate of drug-likeness (QED) is 0.415. The normalized spacial score (nSPS) is 8.75. The van der Waals surface area contributed by atoms with Crippen molar-refractivity contribution >= 4 is 40.4 Å². The molecule has 1 aromatic carbocycles. The standard InChI is InChI=1S/C7H3ClN2OS/c8-6-3-5(10-11)1-2-7(6)9-4-12/h1-3H. The van der Waals surface area contributed by atoms with Crippen LogP contribution in [0.15, 0.2) is 28.4 Å². The number of rotatable bonds is 2. The van der Waals surface area contributed by atoms with Gasteiger partial charge in [0.2, 0.25) is 0 Å². The lowest BCUT2D eigenvalue weighted by Gasteiger charge is -1.94. The molecule has 1 aromatic rings. The zero-order valence-corrected chi connectivity index (χ0v) is 7.39. The molecule has 0 heterocycles. The third kappa shape index (κ3) is 1.95. The maximum absolute atomic E-state index is 10.1. The zero-order valence-electron chi connectivity index (χ0n) is 5.82. The number of halogens is 1. The smallest absolute Gasteiger partial charge is 0.109 e. The van der Waals surface area contributed by atoms with E-state index >= 15 is 0 Å². The van der Waals surface area contributed by atoms with Gasteiger partial charge in [-0.1, -0.05) is 11.6 Å². The van der Waals surface area contributed by atoms with Crippen molar-refractivity contribution in [2.75, 3.05) is 0 Å². The first kappa shape index (κ1) is 9.00. The first-order valence-corrected chi connectivity index (χ1v) is 3.77. The molecule has 0 saturated carbocycles. The van der Waals surface area contributed by atoms with E-state index in [-0.39, 0.29) is 5.69 Å². The average molecular weight is 199 g/mol. The second kappa shape index (κ2) is 4.07. The lowest BCUT2D eigenvalue weighted by atomic mass is 10.3. The molecule has 0 bridgehead atoms. The van der Waals surface area contributed by atoms with Crippen molar-refractivity contribution in [1.82, 2.24) is 0 Å². The first-order chi connectivity index (χ1) is 5.77. The Morgan fingerprint density at radius 1 is 1.50 bits per heavy atom. The van der Waals surface area contributed by atoms with E-state index in [4.69, 9.17) is 11.6 Å². The van der Waals surface area contributed by atoms with Crippen molar-refractivity contribution in [3.8, 4) is 0 Å². The van der Waals surface area contributed by atoms with Gasteiger partial charge in [-0.25, -0.2) is 0 Å². The van der Waals surface area contributed by atoms with Gasteiger partial charge in [-0.15, -0.1) is 4.91 Å². The van der Waals surface area contributed by atoms with E-state index in [0.717, 1.165) is 0 Å². The molecule has 1 rings (SSSR count). The minimum Gasteiger partial charge on any atom is -0.193 e. The molecular weight excluding hydrogens is 196 g/mol. The van der Waals surface area contributed by atoms with Crippen LogP contribution >= 0.6 is 23.8 Å². The van der Waals surface area contributed by atoms with Gasteiger partial charge in [-0.05, 0) is 35.6 Å². The summed E-state index contributed by atoms with van der Waals surface area (Å²) in [4.78, 5) is 13.7. The minimum atomic E-state index is 0.267. The molecule has 0 aliphatic rings. The highest BCUT2D eigenvalue weighted by atomic mass is 35.5. The van der Waals surface area contributed by atoms with Gasteiger partial charge in [0.05, 0.1) is 15.9 Å². The lowest BCUT2D eigenvalue weighted by molar-refractivity contribution is 1.47. The first-order valence-electron chi connectivity index (χ1n) is 2.98. The summed E-state index contributed by atoms with van der Waals surface area (Å²) in [6.07, 6.45) is 0. The van der Waals surface area contributed by atoms with Gasteiger partial charge in [-0.2, -0.15) is 4.99 Å². The second-order valence-electron chi connectivity index (χ2n) is 1.93. The van der Waals surface area contributed by atoms with Crippen LogP contribution in [0, 0.1) is 4.91 Å². The summed E-state index contributed by atoms with van der Waals surface area (Å²) in [5.41, 5.74) is 0.752. The van der Waals surface area contributed by atoms with Crippen LogP contribution in [0.4, 0.5) is 11.4 Å². The van der Waals surface area contributed by atoms with Gasteiger partial charge in [0.1, 0.15) is 5.69 Å². The molecule has 3 nitrogen and oxygen atoms in total. The van der Waals surface area contributed by atoms with E-state index in [2.05, 4.69) is 27.5 Å². The van der Waals surface area contributed by atoms with E-state index in [1.807, 2.05) is 0 Å². The van der Waals surface area contributed by atoms with Gasteiger partial charge in [0, 0.05) is 0 Å². The highest BCUT2D eigenvalue weighted by Gasteiger charge is 1.99. The highest BCUT2D eigenvalue weighted by Crippen LogP contribution is 2.28. The van der Waals surface area contributed by atoms with Crippen molar-refractivity contribution in [1.29, 1.82) is 0 Å². The number of isothiocyanates is 1. The number of nitroso groups, excluding NO2 is 1. The van der Waals surface area contributed by atoms with Crippen LogP contribution in [-0.4, -0.2) is 5.16 Å². The third-order valence-electron chi connectivity index (χ3n) is 1.20. The van der Waals surface area contributed by atoms with Crippen LogP contribution in [0.2, 0.25) is 5.02 Å². The van der Waals surface area contributed by atoms with E-state index in [1.165, 1.54) is 12.1 Å². The summed E-state index contributed by atoms with van der Waals surface area (Å²) < 4.78 is 0.